The van der Waals surface area contributed by atoms with Crippen molar-refractivity contribution in [3.8, 4) is 0 Å². The summed E-state index contributed by atoms with van der Waals surface area (Å²) in [6.45, 7) is 3.93. The van der Waals surface area contributed by atoms with Crippen LogP contribution in [0.25, 0.3) is 0 Å². The molecule has 1 atom stereocenters. The van der Waals surface area contributed by atoms with Crippen LogP contribution in [0.1, 0.15) is 23.3 Å². The maximum absolute atomic E-state index is 12.1. The number of carbonyl (C=O) groups excluding carboxylic acids is 1. The molecule has 1 saturated heterocycles. The Morgan fingerprint density at radius 3 is 3.06 bits per heavy atom. The third-order valence-corrected chi connectivity index (χ3v) is 4.46. The van der Waals surface area contributed by atoms with Gasteiger partial charge in [0.25, 0.3) is 0 Å². The second-order valence-electron chi connectivity index (χ2n) is 4.69. The van der Waals surface area contributed by atoms with Gasteiger partial charge in [0.15, 0.2) is 0 Å². The molecule has 0 aromatic carbocycles. The molecule has 1 aliphatic rings. The Morgan fingerprint density at radius 2 is 2.47 bits per heavy atom. The van der Waals surface area contributed by atoms with Crippen LogP contribution >= 0.6 is 11.3 Å². The molecule has 0 radical (unpaired) electrons. The first-order valence-electron chi connectivity index (χ1n) is 6.20. The summed E-state index contributed by atoms with van der Waals surface area (Å²) in [6.07, 6.45) is 3.08. The number of thiophene rings is 1. The van der Waals surface area contributed by atoms with Gasteiger partial charge in [-0.25, -0.2) is 0 Å². The van der Waals surface area contributed by atoms with E-state index in [1.165, 1.54) is 10.4 Å². The van der Waals surface area contributed by atoms with Crippen LogP contribution < -0.4 is 5.32 Å². The zero-order chi connectivity index (χ0) is 12.3. The van der Waals surface area contributed by atoms with Crippen LogP contribution in [0.5, 0.6) is 0 Å². The smallest absolute Gasteiger partial charge is 0.239 e. The van der Waals surface area contributed by atoms with Crippen molar-refractivity contribution in [3.63, 3.8) is 0 Å². The number of amides is 1. The fourth-order valence-electron chi connectivity index (χ4n) is 2.20. The molecule has 0 bridgehead atoms. The predicted molar refractivity (Wildman–Crippen MR) is 71.4 cm³/mol. The molecule has 1 amide bonds. The van der Waals surface area contributed by atoms with E-state index in [1.807, 2.05) is 11.9 Å². The summed E-state index contributed by atoms with van der Waals surface area (Å²) in [4.78, 5) is 15.3. The zero-order valence-electron chi connectivity index (χ0n) is 10.5. The minimum absolute atomic E-state index is 0.0597. The Kier molecular flexibility index (Phi) is 4.18. The molecule has 1 unspecified atom stereocenters. The maximum Gasteiger partial charge on any atom is 0.239 e. The van der Waals surface area contributed by atoms with Crippen molar-refractivity contribution in [1.29, 1.82) is 0 Å². The van der Waals surface area contributed by atoms with Crippen LogP contribution in [0.3, 0.4) is 0 Å². The van der Waals surface area contributed by atoms with Crippen molar-refractivity contribution >= 4 is 17.2 Å². The largest absolute Gasteiger partial charge is 0.344 e. The maximum atomic E-state index is 12.1. The quantitative estimate of drug-likeness (QED) is 0.886. The van der Waals surface area contributed by atoms with Crippen LogP contribution in [0.2, 0.25) is 0 Å². The summed E-state index contributed by atoms with van der Waals surface area (Å²) in [7, 11) is 1.91. The standard InChI is InChI=1S/C13H20N2OS/c1-10-6-9-17-12(10)5-8-15(2)13(16)11-4-3-7-14-11/h6,9,11,14H,3-5,7-8H2,1-2H3. The van der Waals surface area contributed by atoms with Crippen molar-refractivity contribution in [2.24, 2.45) is 0 Å². The first kappa shape index (κ1) is 12.6. The second-order valence-corrected chi connectivity index (χ2v) is 5.69. The van der Waals surface area contributed by atoms with Gasteiger partial charge >= 0.3 is 0 Å². The van der Waals surface area contributed by atoms with Gasteiger partial charge in [0, 0.05) is 18.5 Å². The average molecular weight is 252 g/mol. The van der Waals surface area contributed by atoms with Gasteiger partial charge in [-0.2, -0.15) is 0 Å². The predicted octanol–water partition coefficient (Wildman–Crippen LogP) is 1.81. The third kappa shape index (κ3) is 3.07. The fraction of sp³-hybridized carbons (Fsp3) is 0.615. The van der Waals surface area contributed by atoms with E-state index in [-0.39, 0.29) is 11.9 Å². The highest BCUT2D eigenvalue weighted by atomic mass is 32.1. The van der Waals surface area contributed by atoms with Gasteiger partial charge in [0.2, 0.25) is 5.91 Å². The number of nitrogens with zero attached hydrogens (tertiary/aromatic N) is 1. The molecule has 1 aliphatic heterocycles. The molecule has 0 spiro atoms. The molecule has 4 heteroatoms. The van der Waals surface area contributed by atoms with E-state index >= 15 is 0 Å². The Labute approximate surface area is 107 Å². The first-order valence-corrected chi connectivity index (χ1v) is 7.08. The van der Waals surface area contributed by atoms with E-state index in [0.717, 1.165) is 32.4 Å². The van der Waals surface area contributed by atoms with E-state index < -0.39 is 0 Å². The molecule has 17 heavy (non-hydrogen) atoms. The summed E-state index contributed by atoms with van der Waals surface area (Å²) in [6, 6.07) is 2.20. The van der Waals surface area contributed by atoms with Gasteiger partial charge < -0.3 is 10.2 Å². The SMILES string of the molecule is Cc1ccsc1CCN(C)C(=O)C1CCCN1. The molecular formula is C13H20N2OS. The summed E-state index contributed by atoms with van der Waals surface area (Å²) in [5.41, 5.74) is 1.34. The first-order chi connectivity index (χ1) is 8.18. The number of hydrogen-bond acceptors (Lipinski definition) is 3. The van der Waals surface area contributed by atoms with Crippen molar-refractivity contribution in [3.05, 3.63) is 21.9 Å². The Morgan fingerprint density at radius 1 is 1.65 bits per heavy atom. The lowest BCUT2D eigenvalue weighted by molar-refractivity contribution is -0.131. The highest BCUT2D eigenvalue weighted by Gasteiger charge is 2.24. The lowest BCUT2D eigenvalue weighted by atomic mass is 10.2. The Bertz CT molecular complexity index is 383. The fourth-order valence-corrected chi connectivity index (χ4v) is 3.10. The van der Waals surface area contributed by atoms with E-state index in [9.17, 15) is 4.79 Å². The second kappa shape index (κ2) is 5.65. The molecular weight excluding hydrogens is 232 g/mol. The average Bonchev–Trinajstić information content (AvgIpc) is 2.96. The number of carbonyl (C=O) groups is 1. The van der Waals surface area contributed by atoms with Crippen LogP contribution in [0.4, 0.5) is 0 Å². The normalized spacial score (nSPS) is 19.5. The van der Waals surface area contributed by atoms with E-state index in [1.54, 1.807) is 11.3 Å². The number of rotatable bonds is 4. The lowest BCUT2D eigenvalue weighted by Gasteiger charge is -2.21. The van der Waals surface area contributed by atoms with Gasteiger partial charge in [-0.05, 0) is 49.7 Å². The molecule has 1 N–H and O–H groups in total. The van der Waals surface area contributed by atoms with Gasteiger partial charge in [0.05, 0.1) is 6.04 Å². The molecule has 0 aliphatic carbocycles. The third-order valence-electron chi connectivity index (χ3n) is 3.38. The number of aryl methyl sites for hydroxylation is 1. The number of likely N-dealkylation sites (N-methyl/N-ethyl adjacent to an activating group) is 1. The molecule has 1 aromatic heterocycles. The molecule has 2 heterocycles. The van der Waals surface area contributed by atoms with Gasteiger partial charge in [-0.3, -0.25) is 4.79 Å². The highest BCUT2D eigenvalue weighted by molar-refractivity contribution is 7.10. The van der Waals surface area contributed by atoms with E-state index in [0.29, 0.717) is 0 Å². The van der Waals surface area contributed by atoms with Crippen molar-refractivity contribution in [2.75, 3.05) is 20.1 Å². The van der Waals surface area contributed by atoms with Crippen LogP contribution in [0, 0.1) is 6.92 Å². The van der Waals surface area contributed by atoms with Gasteiger partial charge in [0.1, 0.15) is 0 Å². The minimum Gasteiger partial charge on any atom is -0.344 e. The Hall–Kier alpha value is -0.870. The van der Waals surface area contributed by atoms with Gasteiger partial charge in [-0.15, -0.1) is 11.3 Å². The zero-order valence-corrected chi connectivity index (χ0v) is 11.3. The molecule has 1 aromatic rings. The van der Waals surface area contributed by atoms with Crippen LogP contribution in [0.15, 0.2) is 11.4 Å². The van der Waals surface area contributed by atoms with Crippen molar-refractivity contribution in [2.45, 2.75) is 32.2 Å². The monoisotopic (exact) mass is 252 g/mol. The summed E-state index contributed by atoms with van der Waals surface area (Å²) >= 11 is 1.78. The Balaban J connectivity index is 1.82. The van der Waals surface area contributed by atoms with E-state index in [4.69, 9.17) is 0 Å². The molecule has 3 nitrogen and oxygen atoms in total. The number of hydrogen-bond donors (Lipinski definition) is 1. The number of nitrogens with one attached hydrogen (secondary N) is 1. The van der Waals surface area contributed by atoms with Crippen LogP contribution in [-0.2, 0) is 11.2 Å². The highest BCUT2D eigenvalue weighted by Crippen LogP contribution is 2.16. The van der Waals surface area contributed by atoms with Gasteiger partial charge in [-0.1, -0.05) is 0 Å². The summed E-state index contributed by atoms with van der Waals surface area (Å²) in [5, 5.41) is 5.37. The van der Waals surface area contributed by atoms with E-state index in [2.05, 4.69) is 23.7 Å². The van der Waals surface area contributed by atoms with Crippen LogP contribution in [-0.4, -0.2) is 37.0 Å². The topological polar surface area (TPSA) is 32.3 Å². The van der Waals surface area contributed by atoms with Crippen molar-refractivity contribution < 1.29 is 4.79 Å². The summed E-state index contributed by atoms with van der Waals surface area (Å²) < 4.78 is 0. The minimum atomic E-state index is 0.0597. The summed E-state index contributed by atoms with van der Waals surface area (Å²) in [5.74, 6) is 0.247. The molecule has 94 valence electrons. The lowest BCUT2D eigenvalue weighted by Crippen LogP contribution is -2.42. The van der Waals surface area contributed by atoms with Crippen molar-refractivity contribution in [1.82, 2.24) is 10.2 Å². The molecule has 0 saturated carbocycles. The molecule has 2 rings (SSSR count). The molecule has 1 fully saturated rings.